The minimum absolute atomic E-state index is 0.485. The van der Waals surface area contributed by atoms with Crippen molar-refractivity contribution in [3.8, 4) is 11.5 Å². The second kappa shape index (κ2) is 8.76. The van der Waals surface area contributed by atoms with Gasteiger partial charge in [-0.2, -0.15) is 5.10 Å². The van der Waals surface area contributed by atoms with Crippen LogP contribution in [0.25, 0.3) is 0 Å². The number of hydrazone groups is 1. The Balaban J connectivity index is 2.86. The molecule has 0 saturated carbocycles. The largest absolute Gasteiger partial charge is 0.493 e. The first-order valence-corrected chi connectivity index (χ1v) is 7.39. The minimum Gasteiger partial charge on any atom is -0.493 e. The van der Waals surface area contributed by atoms with Gasteiger partial charge in [-0.1, -0.05) is 0 Å². The van der Waals surface area contributed by atoms with Crippen LogP contribution in [0.15, 0.2) is 21.7 Å². The summed E-state index contributed by atoms with van der Waals surface area (Å²) in [5.74, 6) is 1.35. The van der Waals surface area contributed by atoms with E-state index in [9.17, 15) is 0 Å². The summed E-state index contributed by atoms with van der Waals surface area (Å²) in [5, 5.41) is 7.50. The summed E-state index contributed by atoms with van der Waals surface area (Å²) >= 11 is 8.48. The van der Waals surface area contributed by atoms with Crippen LogP contribution >= 0.6 is 28.1 Å². The summed E-state index contributed by atoms with van der Waals surface area (Å²) in [6.07, 6.45) is 1.66. The van der Waals surface area contributed by atoms with Crippen molar-refractivity contribution < 1.29 is 9.47 Å². The Kier molecular flexibility index (Phi) is 7.32. The first-order chi connectivity index (χ1) is 9.62. The molecular weight excluding hydrogens is 342 g/mol. The van der Waals surface area contributed by atoms with Crippen molar-refractivity contribution in [3.63, 3.8) is 0 Å². The fourth-order valence-electron chi connectivity index (χ4n) is 1.44. The van der Waals surface area contributed by atoms with E-state index in [4.69, 9.17) is 21.7 Å². The molecule has 5 nitrogen and oxygen atoms in total. The van der Waals surface area contributed by atoms with Crippen molar-refractivity contribution in [1.82, 2.24) is 10.7 Å². The number of methoxy groups -OCH3 is 1. The number of thiocarbonyl (C=S) groups is 1. The predicted molar refractivity (Wildman–Crippen MR) is 88.9 cm³/mol. The summed E-state index contributed by atoms with van der Waals surface area (Å²) in [6.45, 7) is 5.21. The van der Waals surface area contributed by atoms with Crippen LogP contribution in [0, 0.1) is 0 Å². The Hall–Kier alpha value is -1.34. The van der Waals surface area contributed by atoms with Crippen molar-refractivity contribution in [2.45, 2.75) is 13.8 Å². The summed E-state index contributed by atoms with van der Waals surface area (Å²) in [6, 6.07) is 3.70. The average molecular weight is 360 g/mol. The van der Waals surface area contributed by atoms with Crippen molar-refractivity contribution in [3.05, 3.63) is 22.2 Å². The summed E-state index contributed by atoms with van der Waals surface area (Å²) < 4.78 is 11.6. The molecule has 2 N–H and O–H groups in total. The molecular formula is C13H18BrN3O2S. The third kappa shape index (κ3) is 4.97. The molecule has 1 aromatic rings. The van der Waals surface area contributed by atoms with Gasteiger partial charge >= 0.3 is 0 Å². The van der Waals surface area contributed by atoms with Gasteiger partial charge in [-0.3, -0.25) is 5.43 Å². The fraction of sp³-hybridized carbons (Fsp3) is 0.385. The Bertz CT molecular complexity index is 495. The van der Waals surface area contributed by atoms with Gasteiger partial charge in [0.05, 0.1) is 19.9 Å². The van der Waals surface area contributed by atoms with E-state index in [1.165, 1.54) is 0 Å². The molecule has 0 aliphatic heterocycles. The van der Waals surface area contributed by atoms with Crippen molar-refractivity contribution in [2.75, 3.05) is 20.3 Å². The third-order valence-corrected chi connectivity index (χ3v) is 3.21. The summed E-state index contributed by atoms with van der Waals surface area (Å²) in [7, 11) is 1.61. The molecule has 1 aromatic carbocycles. The highest BCUT2D eigenvalue weighted by molar-refractivity contribution is 9.10. The number of rotatable bonds is 6. The van der Waals surface area contributed by atoms with Gasteiger partial charge in [0.15, 0.2) is 16.6 Å². The zero-order valence-electron chi connectivity index (χ0n) is 11.7. The number of benzene rings is 1. The Morgan fingerprint density at radius 3 is 2.75 bits per heavy atom. The number of ether oxygens (including phenoxy) is 2. The lowest BCUT2D eigenvalue weighted by atomic mass is 10.2. The van der Waals surface area contributed by atoms with Crippen LogP contribution in [0.1, 0.15) is 19.4 Å². The molecule has 0 fully saturated rings. The van der Waals surface area contributed by atoms with Crippen molar-refractivity contribution in [1.29, 1.82) is 0 Å². The molecule has 7 heteroatoms. The number of nitrogens with zero attached hydrogens (tertiary/aromatic N) is 1. The van der Waals surface area contributed by atoms with E-state index >= 15 is 0 Å². The molecule has 0 bridgehead atoms. The summed E-state index contributed by atoms with van der Waals surface area (Å²) in [5.41, 5.74) is 3.60. The predicted octanol–water partition coefficient (Wildman–Crippen LogP) is 2.67. The Labute approximate surface area is 132 Å². The maximum Gasteiger partial charge on any atom is 0.186 e. The van der Waals surface area contributed by atoms with Gasteiger partial charge < -0.3 is 14.8 Å². The molecule has 0 spiro atoms. The Morgan fingerprint density at radius 1 is 1.40 bits per heavy atom. The van der Waals surface area contributed by atoms with E-state index in [-0.39, 0.29) is 0 Å². The van der Waals surface area contributed by atoms with Gasteiger partial charge in [0.2, 0.25) is 0 Å². The van der Waals surface area contributed by atoms with Gasteiger partial charge in [-0.25, -0.2) is 0 Å². The van der Waals surface area contributed by atoms with Crippen LogP contribution in [0.3, 0.4) is 0 Å². The highest BCUT2D eigenvalue weighted by Crippen LogP contribution is 2.32. The SMILES string of the molecule is CCNC(=S)NN=Cc1cc(OCC)c(OC)cc1Br. The topological polar surface area (TPSA) is 54.9 Å². The normalized spacial score (nSPS) is 10.4. The van der Waals surface area contributed by atoms with E-state index in [2.05, 4.69) is 31.8 Å². The number of hydrogen-bond acceptors (Lipinski definition) is 4. The highest BCUT2D eigenvalue weighted by atomic mass is 79.9. The zero-order chi connectivity index (χ0) is 15.0. The molecule has 20 heavy (non-hydrogen) atoms. The van der Waals surface area contributed by atoms with Crippen molar-refractivity contribution in [2.24, 2.45) is 5.10 Å². The number of halogens is 1. The van der Waals surface area contributed by atoms with Crippen LogP contribution < -0.4 is 20.2 Å². The summed E-state index contributed by atoms with van der Waals surface area (Å²) in [4.78, 5) is 0. The molecule has 0 unspecified atom stereocenters. The maximum absolute atomic E-state index is 5.52. The number of hydrogen-bond donors (Lipinski definition) is 2. The van der Waals surface area contributed by atoms with E-state index in [1.807, 2.05) is 26.0 Å². The number of nitrogens with one attached hydrogen (secondary N) is 2. The second-order valence-electron chi connectivity index (χ2n) is 3.69. The van der Waals surface area contributed by atoms with E-state index < -0.39 is 0 Å². The molecule has 0 atom stereocenters. The van der Waals surface area contributed by atoms with Crippen LogP contribution in [0.4, 0.5) is 0 Å². The molecule has 0 radical (unpaired) electrons. The first kappa shape index (κ1) is 16.7. The van der Waals surface area contributed by atoms with E-state index in [0.717, 1.165) is 16.6 Å². The third-order valence-electron chi connectivity index (χ3n) is 2.29. The lowest BCUT2D eigenvalue weighted by Crippen LogP contribution is -2.31. The van der Waals surface area contributed by atoms with E-state index in [0.29, 0.717) is 23.2 Å². The van der Waals surface area contributed by atoms with Gasteiger partial charge in [-0.15, -0.1) is 0 Å². The Morgan fingerprint density at radius 2 is 2.15 bits per heavy atom. The van der Waals surface area contributed by atoms with E-state index in [1.54, 1.807) is 13.3 Å². The minimum atomic E-state index is 0.485. The van der Waals surface area contributed by atoms with Crippen LogP contribution in [0.2, 0.25) is 0 Å². The van der Waals surface area contributed by atoms with Gasteiger partial charge in [-0.05, 0) is 54.1 Å². The maximum atomic E-state index is 5.52. The second-order valence-corrected chi connectivity index (χ2v) is 4.95. The lowest BCUT2D eigenvalue weighted by Gasteiger charge is -2.11. The standard InChI is InChI=1S/C13H18BrN3O2S/c1-4-15-13(20)17-16-8-9-6-12(19-5-2)11(18-3)7-10(9)14/h6-8H,4-5H2,1-3H3,(H2,15,17,20). The molecule has 0 aliphatic rings. The monoisotopic (exact) mass is 359 g/mol. The zero-order valence-corrected chi connectivity index (χ0v) is 14.1. The lowest BCUT2D eigenvalue weighted by molar-refractivity contribution is 0.311. The fourth-order valence-corrected chi connectivity index (χ4v) is 2.06. The first-order valence-electron chi connectivity index (χ1n) is 6.19. The van der Waals surface area contributed by atoms with Gasteiger partial charge in [0.1, 0.15) is 0 Å². The average Bonchev–Trinajstić information content (AvgIpc) is 2.42. The van der Waals surface area contributed by atoms with Crippen molar-refractivity contribution >= 4 is 39.5 Å². The molecule has 110 valence electrons. The van der Waals surface area contributed by atoms with Crippen LogP contribution in [0.5, 0.6) is 11.5 Å². The smallest absolute Gasteiger partial charge is 0.186 e. The molecule has 0 saturated heterocycles. The van der Waals surface area contributed by atoms with Gasteiger partial charge in [0.25, 0.3) is 0 Å². The molecule has 0 amide bonds. The molecule has 0 aliphatic carbocycles. The van der Waals surface area contributed by atoms with Gasteiger partial charge in [0, 0.05) is 16.6 Å². The molecule has 0 heterocycles. The quantitative estimate of drug-likeness (QED) is 0.464. The molecule has 0 aromatic heterocycles. The molecule has 1 rings (SSSR count). The highest BCUT2D eigenvalue weighted by Gasteiger charge is 2.08. The van der Waals surface area contributed by atoms with Crippen LogP contribution in [-0.2, 0) is 0 Å². The van der Waals surface area contributed by atoms with Crippen LogP contribution in [-0.4, -0.2) is 31.6 Å².